The van der Waals surface area contributed by atoms with E-state index in [0.717, 1.165) is 5.56 Å². The van der Waals surface area contributed by atoms with Crippen molar-refractivity contribution in [3.8, 4) is 0 Å². The van der Waals surface area contributed by atoms with Crippen molar-refractivity contribution < 1.29 is 14.0 Å². The summed E-state index contributed by atoms with van der Waals surface area (Å²) in [5.74, 6) is 0.674. The monoisotopic (exact) mass is 371 g/mol. The minimum Gasteiger partial charge on any atom is -0.446 e. The predicted octanol–water partition coefficient (Wildman–Crippen LogP) is 3.67. The van der Waals surface area contributed by atoms with Crippen LogP contribution in [0.2, 0.25) is 0 Å². The van der Waals surface area contributed by atoms with E-state index in [1.165, 1.54) is 6.26 Å². The first kappa shape index (κ1) is 20.7. The summed E-state index contributed by atoms with van der Waals surface area (Å²) < 4.78 is 5.46. The van der Waals surface area contributed by atoms with Crippen LogP contribution in [0.5, 0.6) is 0 Å². The van der Waals surface area contributed by atoms with E-state index < -0.39 is 0 Å². The summed E-state index contributed by atoms with van der Waals surface area (Å²) in [6.07, 6.45) is 1.34. The number of amides is 2. The second kappa shape index (κ2) is 9.35. The van der Waals surface area contributed by atoms with Crippen molar-refractivity contribution in [2.24, 2.45) is 11.8 Å². The number of hydrogen-bond donors (Lipinski definition) is 1. The minimum atomic E-state index is -0.265. The van der Waals surface area contributed by atoms with Crippen LogP contribution >= 0.6 is 0 Å². The van der Waals surface area contributed by atoms with Gasteiger partial charge in [0.2, 0.25) is 5.89 Å². The molecule has 2 amide bonds. The van der Waals surface area contributed by atoms with Crippen molar-refractivity contribution in [1.29, 1.82) is 0 Å². The lowest BCUT2D eigenvalue weighted by molar-refractivity contribution is 0.0706. The third-order valence-corrected chi connectivity index (χ3v) is 4.03. The Morgan fingerprint density at radius 1 is 1.15 bits per heavy atom. The molecule has 1 aromatic carbocycles. The number of oxazole rings is 1. The van der Waals surface area contributed by atoms with Gasteiger partial charge in [-0.25, -0.2) is 4.98 Å². The van der Waals surface area contributed by atoms with Gasteiger partial charge in [-0.15, -0.1) is 0 Å². The molecule has 6 nitrogen and oxygen atoms in total. The summed E-state index contributed by atoms with van der Waals surface area (Å²) in [4.78, 5) is 31.1. The number of rotatable bonds is 8. The largest absolute Gasteiger partial charge is 0.446 e. The van der Waals surface area contributed by atoms with E-state index in [0.29, 0.717) is 36.4 Å². The highest BCUT2D eigenvalue weighted by Crippen LogP contribution is 2.15. The number of nitrogens with zero attached hydrogens (tertiary/aromatic N) is 2. The molecule has 1 N–H and O–H groups in total. The molecular weight excluding hydrogens is 342 g/mol. The second-order valence-corrected chi connectivity index (χ2v) is 7.62. The second-order valence-electron chi connectivity index (χ2n) is 7.62. The molecule has 0 aliphatic heterocycles. The van der Waals surface area contributed by atoms with Crippen molar-refractivity contribution in [2.75, 3.05) is 13.1 Å². The smallest absolute Gasteiger partial charge is 0.273 e. The third-order valence-electron chi connectivity index (χ3n) is 4.03. The van der Waals surface area contributed by atoms with Crippen LogP contribution in [0.25, 0.3) is 0 Å². The van der Waals surface area contributed by atoms with Crippen LogP contribution in [0.15, 0.2) is 34.9 Å². The molecule has 2 aromatic rings. The number of aromatic nitrogens is 1. The van der Waals surface area contributed by atoms with E-state index in [1.54, 1.807) is 4.90 Å². The average Bonchev–Trinajstić information content (AvgIpc) is 3.07. The normalized spacial score (nSPS) is 11.1. The first-order valence-electron chi connectivity index (χ1n) is 9.35. The molecule has 0 aliphatic rings. The number of hydrogen-bond acceptors (Lipinski definition) is 4. The molecule has 0 atom stereocenters. The fourth-order valence-corrected chi connectivity index (χ4v) is 2.68. The molecule has 0 saturated heterocycles. The zero-order valence-electron chi connectivity index (χ0n) is 16.8. The van der Waals surface area contributed by atoms with E-state index >= 15 is 0 Å². The molecule has 0 bridgehead atoms. The van der Waals surface area contributed by atoms with Crippen LogP contribution < -0.4 is 5.32 Å². The van der Waals surface area contributed by atoms with Gasteiger partial charge in [-0.2, -0.15) is 0 Å². The van der Waals surface area contributed by atoms with Crippen molar-refractivity contribution in [1.82, 2.24) is 15.2 Å². The van der Waals surface area contributed by atoms with Crippen LogP contribution in [0.3, 0.4) is 0 Å². The topological polar surface area (TPSA) is 75.4 Å². The Bertz CT molecular complexity index is 780. The molecule has 1 aromatic heterocycles. The molecule has 146 valence electrons. The third kappa shape index (κ3) is 5.94. The van der Waals surface area contributed by atoms with Gasteiger partial charge in [-0.3, -0.25) is 9.59 Å². The van der Waals surface area contributed by atoms with Gasteiger partial charge < -0.3 is 14.6 Å². The lowest BCUT2D eigenvalue weighted by Crippen LogP contribution is -2.34. The first-order valence-corrected chi connectivity index (χ1v) is 9.35. The Morgan fingerprint density at radius 2 is 1.85 bits per heavy atom. The molecule has 0 aliphatic carbocycles. The summed E-state index contributed by atoms with van der Waals surface area (Å²) in [7, 11) is 0. The SMILES string of the molecule is Cc1ccccc1C(=O)N(Cc1nc(C(=O)NCC(C)C)co1)CC(C)C. The zero-order valence-corrected chi connectivity index (χ0v) is 16.8. The minimum absolute atomic E-state index is 0.0641. The van der Waals surface area contributed by atoms with Crippen LogP contribution in [0.4, 0.5) is 0 Å². The van der Waals surface area contributed by atoms with Crippen molar-refractivity contribution >= 4 is 11.8 Å². The van der Waals surface area contributed by atoms with Crippen molar-refractivity contribution in [3.05, 3.63) is 53.2 Å². The van der Waals surface area contributed by atoms with Gasteiger partial charge in [0, 0.05) is 18.7 Å². The van der Waals surface area contributed by atoms with E-state index in [1.807, 2.05) is 45.0 Å². The van der Waals surface area contributed by atoms with E-state index in [9.17, 15) is 9.59 Å². The summed E-state index contributed by atoms with van der Waals surface area (Å²) in [6, 6.07) is 7.51. The number of benzene rings is 1. The number of carbonyl (C=O) groups excluding carboxylic acids is 2. The van der Waals surface area contributed by atoms with Gasteiger partial charge in [-0.05, 0) is 30.4 Å². The summed E-state index contributed by atoms with van der Waals surface area (Å²) >= 11 is 0. The molecule has 1 heterocycles. The van der Waals surface area contributed by atoms with Crippen molar-refractivity contribution in [2.45, 2.75) is 41.2 Å². The van der Waals surface area contributed by atoms with Crippen LogP contribution in [0.1, 0.15) is 60.0 Å². The number of nitrogens with one attached hydrogen (secondary N) is 1. The van der Waals surface area contributed by atoms with E-state index in [2.05, 4.69) is 24.1 Å². The fourth-order valence-electron chi connectivity index (χ4n) is 2.68. The summed E-state index contributed by atoms with van der Waals surface area (Å²) in [5.41, 5.74) is 1.83. The van der Waals surface area contributed by atoms with Gasteiger partial charge in [0.1, 0.15) is 6.26 Å². The molecule has 27 heavy (non-hydrogen) atoms. The molecule has 0 spiro atoms. The Morgan fingerprint density at radius 3 is 2.48 bits per heavy atom. The van der Waals surface area contributed by atoms with E-state index in [4.69, 9.17) is 4.42 Å². The molecule has 0 saturated carbocycles. The Labute approximate surface area is 161 Å². The van der Waals surface area contributed by atoms with Crippen LogP contribution in [-0.4, -0.2) is 34.8 Å². The Hall–Kier alpha value is -2.63. The maximum absolute atomic E-state index is 13.0. The van der Waals surface area contributed by atoms with Gasteiger partial charge in [-0.1, -0.05) is 45.9 Å². The van der Waals surface area contributed by atoms with Gasteiger partial charge in [0.15, 0.2) is 5.69 Å². The fraction of sp³-hybridized carbons (Fsp3) is 0.476. The quantitative estimate of drug-likeness (QED) is 0.768. The lowest BCUT2D eigenvalue weighted by Gasteiger charge is -2.24. The van der Waals surface area contributed by atoms with Gasteiger partial charge in [0.25, 0.3) is 11.8 Å². The van der Waals surface area contributed by atoms with E-state index in [-0.39, 0.29) is 24.1 Å². The predicted molar refractivity (Wildman–Crippen MR) is 104 cm³/mol. The molecule has 0 unspecified atom stereocenters. The summed E-state index contributed by atoms with van der Waals surface area (Å²) in [6.45, 7) is 11.4. The highest BCUT2D eigenvalue weighted by Gasteiger charge is 2.21. The number of aryl methyl sites for hydroxylation is 1. The lowest BCUT2D eigenvalue weighted by atomic mass is 10.1. The highest BCUT2D eigenvalue weighted by molar-refractivity contribution is 5.95. The Balaban J connectivity index is 2.14. The first-order chi connectivity index (χ1) is 12.8. The van der Waals surface area contributed by atoms with Gasteiger partial charge in [0.05, 0.1) is 6.54 Å². The number of carbonyl (C=O) groups is 2. The van der Waals surface area contributed by atoms with Crippen molar-refractivity contribution in [3.63, 3.8) is 0 Å². The zero-order chi connectivity index (χ0) is 20.0. The molecular formula is C21H29N3O3. The average molecular weight is 371 g/mol. The molecule has 6 heteroatoms. The molecule has 0 fully saturated rings. The Kier molecular flexibility index (Phi) is 7.16. The molecule has 2 rings (SSSR count). The summed E-state index contributed by atoms with van der Waals surface area (Å²) in [5, 5.41) is 2.81. The maximum Gasteiger partial charge on any atom is 0.273 e. The maximum atomic E-state index is 13.0. The van der Waals surface area contributed by atoms with Crippen LogP contribution in [0, 0.1) is 18.8 Å². The molecule has 0 radical (unpaired) electrons. The highest BCUT2D eigenvalue weighted by atomic mass is 16.3. The van der Waals surface area contributed by atoms with Crippen LogP contribution in [-0.2, 0) is 6.54 Å². The van der Waals surface area contributed by atoms with Gasteiger partial charge >= 0.3 is 0 Å². The standard InChI is InChI=1S/C21H29N3O3/c1-14(2)10-22-20(25)18-13-27-19(23-18)12-24(11-15(3)4)21(26)17-9-7-6-8-16(17)5/h6-9,13-15H,10-12H2,1-5H3,(H,22,25).